The molecule has 0 bridgehead atoms. The first kappa shape index (κ1) is 13.5. The van der Waals surface area contributed by atoms with Gasteiger partial charge in [0.15, 0.2) is 0 Å². The van der Waals surface area contributed by atoms with Crippen molar-refractivity contribution in [2.75, 3.05) is 5.32 Å². The van der Waals surface area contributed by atoms with Crippen LogP contribution in [0, 0.1) is 0 Å². The van der Waals surface area contributed by atoms with Crippen LogP contribution in [0.1, 0.15) is 43.5 Å². The van der Waals surface area contributed by atoms with Crippen molar-refractivity contribution in [1.82, 2.24) is 0 Å². The molecule has 3 rings (SSSR count). The maximum Gasteiger partial charge on any atom is 0.0640 e. The molecule has 0 aromatic heterocycles. The second kappa shape index (κ2) is 4.82. The standard InChI is InChI=1S/C18H20ClN/c1-18(2,3)14-9-7-12(8-10-14)16-11-13-5-4-6-15(19)17(13)20-16/h4-10,16,20H,11H2,1-3H3. The molecular formula is C18H20ClN. The molecule has 2 aromatic rings. The van der Waals surface area contributed by atoms with Gasteiger partial charge in [0.25, 0.3) is 0 Å². The Labute approximate surface area is 126 Å². The SMILES string of the molecule is CC(C)(C)c1ccc(C2Cc3cccc(Cl)c3N2)cc1. The van der Waals surface area contributed by atoms with Gasteiger partial charge in [-0.2, -0.15) is 0 Å². The van der Waals surface area contributed by atoms with E-state index in [1.807, 2.05) is 12.1 Å². The van der Waals surface area contributed by atoms with Crippen molar-refractivity contribution in [2.24, 2.45) is 0 Å². The lowest BCUT2D eigenvalue weighted by atomic mass is 9.86. The molecule has 1 N–H and O–H groups in total. The lowest BCUT2D eigenvalue weighted by Crippen LogP contribution is -2.12. The number of nitrogens with one attached hydrogen (secondary N) is 1. The Balaban J connectivity index is 1.85. The average Bonchev–Trinajstić information content (AvgIpc) is 2.83. The van der Waals surface area contributed by atoms with E-state index >= 15 is 0 Å². The number of fused-ring (bicyclic) bond motifs is 1. The fourth-order valence-corrected chi connectivity index (χ4v) is 3.01. The molecule has 1 aliphatic heterocycles. The van der Waals surface area contributed by atoms with Crippen LogP contribution >= 0.6 is 11.6 Å². The van der Waals surface area contributed by atoms with E-state index in [4.69, 9.17) is 11.6 Å². The van der Waals surface area contributed by atoms with Crippen LogP contribution in [0.2, 0.25) is 5.02 Å². The Hall–Kier alpha value is -1.47. The van der Waals surface area contributed by atoms with Crippen molar-refractivity contribution in [3.8, 4) is 0 Å². The van der Waals surface area contributed by atoms with Crippen LogP contribution in [0.5, 0.6) is 0 Å². The van der Waals surface area contributed by atoms with Gasteiger partial charge in [0.05, 0.1) is 16.8 Å². The van der Waals surface area contributed by atoms with Crippen LogP contribution in [0.15, 0.2) is 42.5 Å². The molecule has 2 heteroatoms. The third kappa shape index (κ3) is 2.43. The van der Waals surface area contributed by atoms with Crippen molar-refractivity contribution < 1.29 is 0 Å². The van der Waals surface area contributed by atoms with Gasteiger partial charge >= 0.3 is 0 Å². The summed E-state index contributed by atoms with van der Waals surface area (Å²) in [6, 6.07) is 15.4. The Kier molecular flexibility index (Phi) is 3.25. The smallest absolute Gasteiger partial charge is 0.0640 e. The summed E-state index contributed by atoms with van der Waals surface area (Å²) in [5.41, 5.74) is 5.30. The summed E-state index contributed by atoms with van der Waals surface area (Å²) in [7, 11) is 0. The molecule has 1 unspecified atom stereocenters. The quantitative estimate of drug-likeness (QED) is 0.745. The average molecular weight is 286 g/mol. The van der Waals surface area contributed by atoms with Gasteiger partial charge in [0.1, 0.15) is 0 Å². The molecule has 0 radical (unpaired) electrons. The number of anilines is 1. The monoisotopic (exact) mass is 285 g/mol. The Morgan fingerprint density at radius 2 is 1.75 bits per heavy atom. The number of hydrogen-bond acceptors (Lipinski definition) is 1. The lowest BCUT2D eigenvalue weighted by Gasteiger charge is -2.20. The molecule has 1 nitrogen and oxygen atoms in total. The largest absolute Gasteiger partial charge is 0.376 e. The Morgan fingerprint density at radius 3 is 2.35 bits per heavy atom. The highest BCUT2D eigenvalue weighted by atomic mass is 35.5. The molecule has 0 spiro atoms. The molecular weight excluding hydrogens is 266 g/mol. The first-order valence-electron chi connectivity index (χ1n) is 7.09. The van der Waals surface area contributed by atoms with Crippen molar-refractivity contribution in [3.05, 3.63) is 64.2 Å². The highest BCUT2D eigenvalue weighted by molar-refractivity contribution is 6.33. The van der Waals surface area contributed by atoms with Crippen LogP contribution in [-0.2, 0) is 11.8 Å². The van der Waals surface area contributed by atoms with E-state index in [0.717, 1.165) is 17.1 Å². The van der Waals surface area contributed by atoms with Crippen LogP contribution < -0.4 is 5.32 Å². The lowest BCUT2D eigenvalue weighted by molar-refractivity contribution is 0.589. The molecule has 104 valence electrons. The fourth-order valence-electron chi connectivity index (χ4n) is 2.76. The topological polar surface area (TPSA) is 12.0 Å². The number of rotatable bonds is 1. The summed E-state index contributed by atoms with van der Waals surface area (Å²) in [6.07, 6.45) is 1.00. The van der Waals surface area contributed by atoms with Gasteiger partial charge in [-0.1, -0.05) is 68.8 Å². The van der Waals surface area contributed by atoms with E-state index in [1.54, 1.807) is 0 Å². The summed E-state index contributed by atoms with van der Waals surface area (Å²) in [4.78, 5) is 0. The normalized spacial score (nSPS) is 17.7. The van der Waals surface area contributed by atoms with Crippen LogP contribution in [0.4, 0.5) is 5.69 Å². The molecule has 0 saturated heterocycles. The predicted molar refractivity (Wildman–Crippen MR) is 86.7 cm³/mol. The number of benzene rings is 2. The molecule has 0 saturated carbocycles. The Morgan fingerprint density at radius 1 is 1.05 bits per heavy atom. The highest BCUT2D eigenvalue weighted by Gasteiger charge is 2.24. The van der Waals surface area contributed by atoms with E-state index in [-0.39, 0.29) is 5.41 Å². The molecule has 20 heavy (non-hydrogen) atoms. The summed E-state index contributed by atoms with van der Waals surface area (Å²) in [6.45, 7) is 6.72. The van der Waals surface area contributed by atoms with E-state index < -0.39 is 0 Å². The number of hydrogen-bond donors (Lipinski definition) is 1. The van der Waals surface area contributed by atoms with Crippen molar-refractivity contribution in [2.45, 2.75) is 38.6 Å². The van der Waals surface area contributed by atoms with Gasteiger partial charge in [-0.15, -0.1) is 0 Å². The second-order valence-electron chi connectivity index (χ2n) is 6.55. The minimum Gasteiger partial charge on any atom is -0.376 e. The molecule has 0 aliphatic carbocycles. The summed E-state index contributed by atoms with van der Waals surface area (Å²) in [5, 5.41) is 4.36. The van der Waals surface area contributed by atoms with Crippen LogP contribution in [0.25, 0.3) is 0 Å². The van der Waals surface area contributed by atoms with Crippen molar-refractivity contribution in [1.29, 1.82) is 0 Å². The number of halogens is 1. The zero-order valence-corrected chi connectivity index (χ0v) is 13.0. The van der Waals surface area contributed by atoms with E-state index in [9.17, 15) is 0 Å². The van der Waals surface area contributed by atoms with Gasteiger partial charge in [0.2, 0.25) is 0 Å². The first-order valence-corrected chi connectivity index (χ1v) is 7.47. The maximum absolute atomic E-state index is 6.24. The number of para-hydroxylation sites is 1. The van der Waals surface area contributed by atoms with Crippen molar-refractivity contribution >= 4 is 17.3 Å². The molecule has 0 fully saturated rings. The molecule has 1 aliphatic rings. The summed E-state index contributed by atoms with van der Waals surface area (Å²) >= 11 is 6.24. The highest BCUT2D eigenvalue weighted by Crippen LogP contribution is 2.38. The van der Waals surface area contributed by atoms with Crippen LogP contribution in [-0.4, -0.2) is 0 Å². The zero-order chi connectivity index (χ0) is 14.3. The van der Waals surface area contributed by atoms with Gasteiger partial charge in [-0.3, -0.25) is 0 Å². The summed E-state index contributed by atoms with van der Waals surface area (Å²) < 4.78 is 0. The van der Waals surface area contributed by atoms with E-state index in [1.165, 1.54) is 16.7 Å². The fraction of sp³-hybridized carbons (Fsp3) is 0.333. The predicted octanol–water partition coefficient (Wildman–Crippen LogP) is 5.35. The first-order chi connectivity index (χ1) is 9.45. The molecule has 0 amide bonds. The second-order valence-corrected chi connectivity index (χ2v) is 6.95. The van der Waals surface area contributed by atoms with Crippen LogP contribution in [0.3, 0.4) is 0 Å². The van der Waals surface area contributed by atoms with Crippen molar-refractivity contribution in [3.63, 3.8) is 0 Å². The molecule has 1 heterocycles. The van der Waals surface area contributed by atoms with Gasteiger partial charge in [-0.25, -0.2) is 0 Å². The Bertz CT molecular complexity index is 623. The van der Waals surface area contributed by atoms with Gasteiger partial charge < -0.3 is 5.32 Å². The zero-order valence-electron chi connectivity index (χ0n) is 12.2. The minimum atomic E-state index is 0.202. The minimum absolute atomic E-state index is 0.202. The third-order valence-electron chi connectivity index (χ3n) is 4.02. The van der Waals surface area contributed by atoms with E-state index in [0.29, 0.717) is 6.04 Å². The molecule has 1 atom stereocenters. The van der Waals surface area contributed by atoms with Gasteiger partial charge in [0, 0.05) is 0 Å². The summed E-state index contributed by atoms with van der Waals surface area (Å²) in [5.74, 6) is 0. The third-order valence-corrected chi connectivity index (χ3v) is 4.34. The maximum atomic E-state index is 6.24. The molecule has 2 aromatic carbocycles. The van der Waals surface area contributed by atoms with Gasteiger partial charge in [-0.05, 0) is 34.6 Å². The van der Waals surface area contributed by atoms with E-state index in [2.05, 4.69) is 56.4 Å².